The van der Waals surface area contributed by atoms with Crippen LogP contribution in [-0.4, -0.2) is 24.2 Å². The smallest absolute Gasteiger partial charge is 0.387 e. The average Bonchev–Trinajstić information content (AvgIpc) is 2.52. The number of halogens is 3. The molecule has 0 heterocycles. The fraction of sp³-hybridized carbons (Fsp3) is 0.188. The van der Waals surface area contributed by atoms with E-state index in [4.69, 9.17) is 0 Å². The highest BCUT2D eigenvalue weighted by atomic mass is 19.3. The predicted octanol–water partition coefficient (Wildman–Crippen LogP) is 2.89. The van der Waals surface area contributed by atoms with Crippen molar-refractivity contribution in [2.45, 2.75) is 12.7 Å². The zero-order valence-electron chi connectivity index (χ0n) is 11.9. The number of benzene rings is 2. The lowest BCUT2D eigenvalue weighted by molar-refractivity contribution is -0.0498. The van der Waals surface area contributed by atoms with E-state index in [-0.39, 0.29) is 11.3 Å². The topological polar surface area (TPSA) is 58.6 Å². The van der Waals surface area contributed by atoms with Crippen LogP contribution in [0.4, 0.5) is 13.2 Å². The van der Waals surface area contributed by atoms with Gasteiger partial charge in [-0.1, -0.05) is 12.1 Å². The highest BCUT2D eigenvalue weighted by Crippen LogP contribution is 2.17. The summed E-state index contributed by atoms with van der Waals surface area (Å²) in [6, 6.07) is 9.81. The molecule has 0 saturated carbocycles. The molecule has 122 valence electrons. The third-order valence-corrected chi connectivity index (χ3v) is 3.08. The second-order valence-corrected chi connectivity index (χ2v) is 4.67. The molecule has 2 rings (SSSR count). The van der Waals surface area contributed by atoms with Crippen LogP contribution in [-0.2, 0) is 0 Å². The molecule has 0 aliphatic carbocycles. The van der Waals surface area contributed by atoms with Crippen molar-refractivity contribution in [1.82, 2.24) is 5.32 Å². The molecule has 0 saturated heterocycles. The molecule has 23 heavy (non-hydrogen) atoms. The molecule has 0 aliphatic rings. The van der Waals surface area contributed by atoms with Gasteiger partial charge >= 0.3 is 6.61 Å². The normalized spacial score (nSPS) is 12.0. The number of aliphatic hydroxyl groups is 1. The van der Waals surface area contributed by atoms with Crippen LogP contribution in [0.5, 0.6) is 5.75 Å². The highest BCUT2D eigenvalue weighted by Gasteiger charge is 2.16. The number of amides is 1. The van der Waals surface area contributed by atoms with Gasteiger partial charge in [0.25, 0.3) is 5.91 Å². The lowest BCUT2D eigenvalue weighted by atomic mass is 10.1. The maximum Gasteiger partial charge on any atom is 0.387 e. The highest BCUT2D eigenvalue weighted by molar-refractivity contribution is 5.94. The first-order chi connectivity index (χ1) is 11.0. The van der Waals surface area contributed by atoms with Crippen LogP contribution in [0.25, 0.3) is 0 Å². The zero-order chi connectivity index (χ0) is 16.8. The van der Waals surface area contributed by atoms with Crippen LogP contribution in [0, 0.1) is 5.82 Å². The van der Waals surface area contributed by atoms with E-state index >= 15 is 0 Å². The van der Waals surface area contributed by atoms with Crippen molar-refractivity contribution in [3.8, 4) is 5.75 Å². The summed E-state index contributed by atoms with van der Waals surface area (Å²) in [5.41, 5.74) is 0.611. The summed E-state index contributed by atoms with van der Waals surface area (Å²) in [7, 11) is 0. The second-order valence-electron chi connectivity index (χ2n) is 4.67. The standard InChI is InChI=1S/C16H14F3NO3/c17-12-3-1-2-11(8-12)14(9-21)20-15(22)10-4-6-13(7-5-10)23-16(18)19/h1-8,14,16,21H,9H2,(H,20,22)/t14-/m1/s1. The summed E-state index contributed by atoms with van der Waals surface area (Å²) in [6.45, 7) is -3.36. The van der Waals surface area contributed by atoms with Crippen molar-refractivity contribution < 1.29 is 27.8 Å². The van der Waals surface area contributed by atoms with Crippen molar-refractivity contribution in [2.24, 2.45) is 0 Å². The third kappa shape index (κ3) is 4.72. The summed E-state index contributed by atoms with van der Waals surface area (Å²) >= 11 is 0. The number of alkyl halides is 2. The van der Waals surface area contributed by atoms with Crippen LogP contribution in [0.2, 0.25) is 0 Å². The summed E-state index contributed by atoms with van der Waals surface area (Å²) in [5, 5.41) is 11.9. The molecule has 0 fully saturated rings. The van der Waals surface area contributed by atoms with E-state index in [2.05, 4.69) is 10.1 Å². The minimum absolute atomic E-state index is 0.0691. The first kappa shape index (κ1) is 16.8. The van der Waals surface area contributed by atoms with Crippen molar-refractivity contribution in [2.75, 3.05) is 6.61 Å². The van der Waals surface area contributed by atoms with Gasteiger partial charge in [-0.3, -0.25) is 4.79 Å². The summed E-state index contributed by atoms with van der Waals surface area (Å²) in [4.78, 5) is 12.1. The Morgan fingerprint density at radius 3 is 2.43 bits per heavy atom. The van der Waals surface area contributed by atoms with Gasteiger partial charge < -0.3 is 15.2 Å². The predicted molar refractivity (Wildman–Crippen MR) is 76.8 cm³/mol. The monoisotopic (exact) mass is 325 g/mol. The number of hydrogen-bond donors (Lipinski definition) is 2. The molecule has 1 atom stereocenters. The van der Waals surface area contributed by atoms with Crippen LogP contribution < -0.4 is 10.1 Å². The molecule has 0 bridgehead atoms. The van der Waals surface area contributed by atoms with E-state index in [1.807, 2.05) is 0 Å². The molecular weight excluding hydrogens is 311 g/mol. The van der Waals surface area contributed by atoms with Crippen LogP contribution in [0.15, 0.2) is 48.5 Å². The van der Waals surface area contributed by atoms with Gasteiger partial charge in [-0.2, -0.15) is 8.78 Å². The van der Waals surface area contributed by atoms with E-state index < -0.39 is 31.0 Å². The van der Waals surface area contributed by atoms with Gasteiger partial charge in [0.05, 0.1) is 12.6 Å². The Balaban J connectivity index is 2.07. The van der Waals surface area contributed by atoms with E-state index in [0.29, 0.717) is 5.56 Å². The van der Waals surface area contributed by atoms with Gasteiger partial charge in [-0.25, -0.2) is 4.39 Å². The van der Waals surface area contributed by atoms with Crippen molar-refractivity contribution in [3.63, 3.8) is 0 Å². The molecule has 0 radical (unpaired) electrons. The van der Waals surface area contributed by atoms with Crippen molar-refractivity contribution in [3.05, 3.63) is 65.5 Å². The maximum absolute atomic E-state index is 13.2. The van der Waals surface area contributed by atoms with E-state index in [9.17, 15) is 23.1 Å². The minimum Gasteiger partial charge on any atom is -0.435 e. The molecule has 0 aromatic heterocycles. The van der Waals surface area contributed by atoms with E-state index in [0.717, 1.165) is 0 Å². The second kappa shape index (κ2) is 7.64. The van der Waals surface area contributed by atoms with Crippen LogP contribution in [0.1, 0.15) is 22.0 Å². The van der Waals surface area contributed by atoms with Gasteiger partial charge in [0.2, 0.25) is 0 Å². The number of rotatable bonds is 6. The van der Waals surface area contributed by atoms with E-state index in [1.165, 1.54) is 42.5 Å². The third-order valence-electron chi connectivity index (χ3n) is 3.08. The van der Waals surface area contributed by atoms with Gasteiger partial charge in [0, 0.05) is 5.56 Å². The number of carbonyl (C=O) groups is 1. The Morgan fingerprint density at radius 1 is 1.17 bits per heavy atom. The van der Waals surface area contributed by atoms with Gasteiger partial charge in [0.15, 0.2) is 0 Å². The first-order valence-electron chi connectivity index (χ1n) is 6.71. The molecule has 7 heteroatoms. The maximum atomic E-state index is 13.2. The molecule has 2 aromatic carbocycles. The molecule has 0 unspecified atom stereocenters. The summed E-state index contributed by atoms with van der Waals surface area (Å²) < 4.78 is 41.5. The molecule has 2 aromatic rings. The number of ether oxygens (including phenoxy) is 1. The first-order valence-corrected chi connectivity index (χ1v) is 6.71. The van der Waals surface area contributed by atoms with E-state index in [1.54, 1.807) is 6.07 Å². The van der Waals surface area contributed by atoms with Crippen LogP contribution in [0.3, 0.4) is 0 Å². The van der Waals surface area contributed by atoms with Gasteiger partial charge in [-0.05, 0) is 42.0 Å². The SMILES string of the molecule is O=C(N[C@H](CO)c1cccc(F)c1)c1ccc(OC(F)F)cc1. The van der Waals surface area contributed by atoms with Gasteiger partial charge in [-0.15, -0.1) is 0 Å². The van der Waals surface area contributed by atoms with Crippen molar-refractivity contribution >= 4 is 5.91 Å². The fourth-order valence-electron chi connectivity index (χ4n) is 1.99. The average molecular weight is 325 g/mol. The lowest BCUT2D eigenvalue weighted by Crippen LogP contribution is -2.30. The molecule has 4 nitrogen and oxygen atoms in total. The number of hydrogen-bond acceptors (Lipinski definition) is 3. The Morgan fingerprint density at radius 2 is 1.87 bits per heavy atom. The fourth-order valence-corrected chi connectivity index (χ4v) is 1.99. The Hall–Kier alpha value is -2.54. The Kier molecular flexibility index (Phi) is 5.59. The molecule has 0 aliphatic heterocycles. The molecule has 2 N–H and O–H groups in total. The number of aliphatic hydroxyl groups excluding tert-OH is 1. The quantitative estimate of drug-likeness (QED) is 0.858. The summed E-state index contributed by atoms with van der Waals surface area (Å²) in [6.07, 6.45) is 0. The number of carbonyl (C=O) groups excluding carboxylic acids is 1. The lowest BCUT2D eigenvalue weighted by Gasteiger charge is -2.17. The summed E-state index contributed by atoms with van der Waals surface area (Å²) in [5.74, 6) is -1.08. The van der Waals surface area contributed by atoms with Crippen LogP contribution >= 0.6 is 0 Å². The van der Waals surface area contributed by atoms with Crippen molar-refractivity contribution in [1.29, 1.82) is 0 Å². The Labute approximate surface area is 130 Å². The Bertz CT molecular complexity index is 662. The number of nitrogens with one attached hydrogen (secondary N) is 1. The minimum atomic E-state index is -2.94. The molecule has 0 spiro atoms. The van der Waals surface area contributed by atoms with Gasteiger partial charge in [0.1, 0.15) is 11.6 Å². The molecular formula is C16H14F3NO3. The zero-order valence-corrected chi connectivity index (χ0v) is 11.9. The largest absolute Gasteiger partial charge is 0.435 e. The molecule has 1 amide bonds.